The van der Waals surface area contributed by atoms with Gasteiger partial charge in [-0.2, -0.15) is 0 Å². The van der Waals surface area contributed by atoms with Gasteiger partial charge >= 0.3 is 0 Å². The molecule has 0 amide bonds. The first-order valence-corrected chi connectivity index (χ1v) is 8.01. The van der Waals surface area contributed by atoms with Crippen molar-refractivity contribution in [2.24, 2.45) is 0 Å². The summed E-state index contributed by atoms with van der Waals surface area (Å²) in [6, 6.07) is 8.66. The lowest BCUT2D eigenvalue weighted by Crippen LogP contribution is -2.42. The fourth-order valence-electron chi connectivity index (χ4n) is 2.89. The Balaban J connectivity index is 1.66. The summed E-state index contributed by atoms with van der Waals surface area (Å²) < 4.78 is 10.8. The molecule has 1 aromatic heterocycles. The van der Waals surface area contributed by atoms with E-state index in [2.05, 4.69) is 32.3 Å². The zero-order chi connectivity index (χ0) is 15.9. The average Bonchev–Trinajstić information content (AvgIpc) is 3.13. The predicted molar refractivity (Wildman–Crippen MR) is 88.4 cm³/mol. The monoisotopic (exact) mass is 316 g/mol. The van der Waals surface area contributed by atoms with Crippen LogP contribution in [0.4, 0.5) is 0 Å². The predicted octanol–water partition coefficient (Wildman–Crippen LogP) is 1.58. The number of hydrogen-bond acceptors (Lipinski definition) is 5. The summed E-state index contributed by atoms with van der Waals surface area (Å²) in [4.78, 5) is 9.85. The van der Waals surface area contributed by atoms with Crippen molar-refractivity contribution in [3.05, 3.63) is 48.0 Å². The molecule has 2 heterocycles. The summed E-state index contributed by atoms with van der Waals surface area (Å²) >= 11 is 0. The number of hydrogen-bond donors (Lipinski definition) is 2. The number of methoxy groups -OCH3 is 1. The number of ether oxygens (including phenoxy) is 2. The van der Waals surface area contributed by atoms with E-state index in [-0.39, 0.29) is 0 Å². The summed E-state index contributed by atoms with van der Waals surface area (Å²) in [5, 5.41) is 3.50. The Hall–Kier alpha value is -1.89. The second-order valence-electron chi connectivity index (χ2n) is 5.60. The van der Waals surface area contributed by atoms with Crippen LogP contribution in [0.5, 0.6) is 5.75 Å². The lowest BCUT2D eigenvalue weighted by molar-refractivity contribution is 0.0160. The zero-order valence-electron chi connectivity index (χ0n) is 13.5. The molecule has 1 atom stereocenters. The number of morpholine rings is 1. The normalized spacial score (nSPS) is 17.1. The first kappa shape index (κ1) is 16.0. The third kappa shape index (κ3) is 4.31. The Bertz CT molecular complexity index is 565. The molecular formula is C17H24N4O2. The fraction of sp³-hybridized carbons (Fsp3) is 0.471. The van der Waals surface area contributed by atoms with Gasteiger partial charge in [-0.05, 0) is 17.7 Å². The Kier molecular flexibility index (Phi) is 5.63. The number of aromatic amines is 1. The molecule has 3 rings (SSSR count). The van der Waals surface area contributed by atoms with Crippen molar-refractivity contribution in [2.45, 2.75) is 12.6 Å². The maximum atomic E-state index is 5.49. The van der Waals surface area contributed by atoms with E-state index in [0.29, 0.717) is 6.04 Å². The van der Waals surface area contributed by atoms with Gasteiger partial charge in [-0.3, -0.25) is 4.90 Å². The zero-order valence-corrected chi connectivity index (χ0v) is 13.5. The third-order valence-corrected chi connectivity index (χ3v) is 4.17. The quantitative estimate of drug-likeness (QED) is 0.812. The van der Waals surface area contributed by atoms with Crippen molar-refractivity contribution in [3.63, 3.8) is 0 Å². The van der Waals surface area contributed by atoms with Gasteiger partial charge in [0, 0.05) is 38.1 Å². The van der Waals surface area contributed by atoms with Gasteiger partial charge in [-0.15, -0.1) is 0 Å². The second-order valence-corrected chi connectivity index (χ2v) is 5.60. The van der Waals surface area contributed by atoms with Crippen LogP contribution in [0.2, 0.25) is 0 Å². The molecule has 124 valence electrons. The van der Waals surface area contributed by atoms with Gasteiger partial charge in [0.05, 0.1) is 26.9 Å². The topological polar surface area (TPSA) is 62.4 Å². The van der Waals surface area contributed by atoms with Gasteiger partial charge < -0.3 is 19.8 Å². The van der Waals surface area contributed by atoms with Gasteiger partial charge in [0.15, 0.2) is 0 Å². The molecule has 23 heavy (non-hydrogen) atoms. The standard InChI is InChI=1S/C17H24N4O2/c1-22-15-4-2-14(3-5-15)16(21-8-10-23-11-9-21)12-18-13-17-19-6-7-20-17/h2-7,16,18H,8-13H2,1H3,(H,19,20). The number of nitrogens with zero attached hydrogens (tertiary/aromatic N) is 2. The van der Waals surface area contributed by atoms with E-state index < -0.39 is 0 Å². The van der Waals surface area contributed by atoms with Crippen molar-refractivity contribution < 1.29 is 9.47 Å². The minimum atomic E-state index is 0.319. The summed E-state index contributed by atoms with van der Waals surface area (Å²) in [7, 11) is 1.69. The highest BCUT2D eigenvalue weighted by atomic mass is 16.5. The molecule has 2 aromatic rings. The molecule has 0 saturated carbocycles. The minimum Gasteiger partial charge on any atom is -0.497 e. The molecule has 1 aliphatic rings. The van der Waals surface area contributed by atoms with Crippen molar-refractivity contribution in [1.29, 1.82) is 0 Å². The Labute approximate surface area is 136 Å². The molecule has 0 aliphatic carbocycles. The molecule has 1 unspecified atom stereocenters. The van der Waals surface area contributed by atoms with Crippen LogP contribution in [0.3, 0.4) is 0 Å². The van der Waals surface area contributed by atoms with Gasteiger partial charge in [-0.25, -0.2) is 4.98 Å². The number of aromatic nitrogens is 2. The Morgan fingerprint density at radius 2 is 2.09 bits per heavy atom. The molecule has 1 saturated heterocycles. The molecule has 1 aliphatic heterocycles. The highest BCUT2D eigenvalue weighted by Crippen LogP contribution is 2.23. The minimum absolute atomic E-state index is 0.319. The lowest BCUT2D eigenvalue weighted by atomic mass is 10.0. The maximum absolute atomic E-state index is 5.49. The Morgan fingerprint density at radius 1 is 1.30 bits per heavy atom. The lowest BCUT2D eigenvalue weighted by Gasteiger charge is -2.35. The number of benzene rings is 1. The van der Waals surface area contributed by atoms with Crippen molar-refractivity contribution in [2.75, 3.05) is 40.0 Å². The van der Waals surface area contributed by atoms with E-state index in [1.807, 2.05) is 18.3 Å². The molecule has 6 heteroatoms. The number of H-pyrrole nitrogens is 1. The van der Waals surface area contributed by atoms with E-state index in [1.165, 1.54) is 5.56 Å². The summed E-state index contributed by atoms with van der Waals surface area (Å²) in [6.45, 7) is 5.12. The van der Waals surface area contributed by atoms with Crippen LogP contribution in [-0.2, 0) is 11.3 Å². The maximum Gasteiger partial charge on any atom is 0.120 e. The molecular weight excluding hydrogens is 292 g/mol. The number of rotatable bonds is 7. The van der Waals surface area contributed by atoms with E-state index in [4.69, 9.17) is 9.47 Å². The molecule has 0 bridgehead atoms. The third-order valence-electron chi connectivity index (χ3n) is 4.17. The first-order valence-electron chi connectivity index (χ1n) is 8.01. The van der Waals surface area contributed by atoms with E-state index in [9.17, 15) is 0 Å². The molecule has 0 spiro atoms. The summed E-state index contributed by atoms with van der Waals surface area (Å²) in [5.74, 6) is 1.85. The highest BCUT2D eigenvalue weighted by Gasteiger charge is 2.22. The number of imidazole rings is 1. The molecule has 0 radical (unpaired) electrons. The van der Waals surface area contributed by atoms with E-state index in [0.717, 1.165) is 51.0 Å². The van der Waals surface area contributed by atoms with Crippen LogP contribution in [0.1, 0.15) is 17.4 Å². The molecule has 2 N–H and O–H groups in total. The fourth-order valence-corrected chi connectivity index (χ4v) is 2.89. The Morgan fingerprint density at radius 3 is 2.74 bits per heavy atom. The van der Waals surface area contributed by atoms with Gasteiger partial charge in [0.2, 0.25) is 0 Å². The smallest absolute Gasteiger partial charge is 0.120 e. The summed E-state index contributed by atoms with van der Waals surface area (Å²) in [6.07, 6.45) is 3.62. The van der Waals surface area contributed by atoms with Gasteiger partial charge in [0.25, 0.3) is 0 Å². The van der Waals surface area contributed by atoms with E-state index in [1.54, 1.807) is 13.3 Å². The van der Waals surface area contributed by atoms with Gasteiger partial charge in [0.1, 0.15) is 11.6 Å². The van der Waals surface area contributed by atoms with Crippen LogP contribution >= 0.6 is 0 Å². The number of nitrogens with one attached hydrogen (secondary N) is 2. The second kappa shape index (κ2) is 8.10. The van der Waals surface area contributed by atoms with Crippen LogP contribution < -0.4 is 10.1 Å². The van der Waals surface area contributed by atoms with Crippen molar-refractivity contribution >= 4 is 0 Å². The van der Waals surface area contributed by atoms with Crippen molar-refractivity contribution in [1.82, 2.24) is 20.2 Å². The van der Waals surface area contributed by atoms with Crippen LogP contribution in [0.15, 0.2) is 36.7 Å². The van der Waals surface area contributed by atoms with Crippen LogP contribution in [0, 0.1) is 0 Å². The van der Waals surface area contributed by atoms with Gasteiger partial charge in [-0.1, -0.05) is 12.1 Å². The molecule has 1 fully saturated rings. The van der Waals surface area contributed by atoms with Crippen LogP contribution in [0.25, 0.3) is 0 Å². The average molecular weight is 316 g/mol. The highest BCUT2D eigenvalue weighted by molar-refractivity contribution is 5.29. The van der Waals surface area contributed by atoms with Crippen LogP contribution in [-0.4, -0.2) is 54.8 Å². The van der Waals surface area contributed by atoms with Crippen molar-refractivity contribution in [3.8, 4) is 5.75 Å². The summed E-state index contributed by atoms with van der Waals surface area (Å²) in [5.41, 5.74) is 1.29. The van der Waals surface area contributed by atoms with E-state index >= 15 is 0 Å². The molecule has 1 aromatic carbocycles. The largest absolute Gasteiger partial charge is 0.497 e. The molecule has 6 nitrogen and oxygen atoms in total. The first-order chi connectivity index (χ1) is 11.4. The SMILES string of the molecule is COc1ccc(C(CNCc2ncc[nH]2)N2CCOCC2)cc1.